The average molecular weight is 228 g/mol. The van der Waals surface area contributed by atoms with Crippen molar-refractivity contribution in [3.05, 3.63) is 12.4 Å². The van der Waals surface area contributed by atoms with Crippen molar-refractivity contribution in [3.8, 4) is 0 Å². The normalized spacial score (nSPS) is 13.1. The molecule has 0 saturated heterocycles. The molecule has 4 N–H and O–H groups in total. The predicted octanol–water partition coefficient (Wildman–Crippen LogP) is 1.66. The summed E-state index contributed by atoms with van der Waals surface area (Å²) in [6, 6.07) is 0. The van der Waals surface area contributed by atoms with E-state index in [1.165, 1.54) is 0 Å². The third-order valence-electron chi connectivity index (χ3n) is 2.24. The van der Waals surface area contributed by atoms with Crippen molar-refractivity contribution in [1.29, 1.82) is 0 Å². The maximum atomic E-state index is 8.59. The van der Waals surface area contributed by atoms with Crippen LogP contribution in [-0.4, -0.2) is 26.8 Å². The number of nitrogens with two attached hydrogens (primary N) is 1. The molecule has 1 aromatic heterocycles. The first-order valence-electron chi connectivity index (χ1n) is 4.66. The van der Waals surface area contributed by atoms with Gasteiger partial charge in [0, 0.05) is 23.6 Å². The second kappa shape index (κ2) is 5.06. The summed E-state index contributed by atoms with van der Waals surface area (Å²) in [6.07, 6.45) is 4.34. The monoisotopic (exact) mass is 228 g/mol. The fourth-order valence-electron chi connectivity index (χ4n) is 0.996. The molecular formula is C9H16N4OS. The van der Waals surface area contributed by atoms with Gasteiger partial charge < -0.3 is 15.9 Å². The highest BCUT2D eigenvalue weighted by Gasteiger charge is 2.23. The molecule has 0 bridgehead atoms. The number of amidine groups is 1. The van der Waals surface area contributed by atoms with E-state index in [2.05, 4.69) is 15.1 Å². The van der Waals surface area contributed by atoms with E-state index in [1.807, 2.05) is 13.8 Å². The first-order valence-corrected chi connectivity index (χ1v) is 5.65. The number of nitrogens with one attached hydrogen (secondary N) is 1. The maximum Gasteiger partial charge on any atom is 0.165 e. The summed E-state index contributed by atoms with van der Waals surface area (Å²) in [4.78, 5) is 7.10. The lowest BCUT2D eigenvalue weighted by atomic mass is 9.89. The summed E-state index contributed by atoms with van der Waals surface area (Å²) < 4.78 is 0. The highest BCUT2D eigenvalue weighted by Crippen LogP contribution is 2.24. The van der Waals surface area contributed by atoms with E-state index in [4.69, 9.17) is 10.9 Å². The molecule has 0 spiro atoms. The van der Waals surface area contributed by atoms with Gasteiger partial charge in [0.25, 0.3) is 0 Å². The van der Waals surface area contributed by atoms with Crippen LogP contribution in [0.25, 0.3) is 0 Å². The number of hydrogen-bond acceptors (Lipinski definition) is 4. The Hall–Kier alpha value is -1.17. The molecule has 0 fully saturated rings. The number of imidazole rings is 1. The Kier molecular flexibility index (Phi) is 4.02. The number of thioether (sulfide) groups is 1. The summed E-state index contributed by atoms with van der Waals surface area (Å²) in [5.74, 6) is 1.14. The van der Waals surface area contributed by atoms with Gasteiger partial charge in [0.1, 0.15) is 5.84 Å². The molecule has 1 rings (SSSR count). The third-order valence-corrected chi connectivity index (χ3v) is 3.15. The Morgan fingerprint density at radius 3 is 3.00 bits per heavy atom. The second-order valence-electron chi connectivity index (χ2n) is 3.86. The lowest BCUT2D eigenvalue weighted by Crippen LogP contribution is -2.32. The Morgan fingerprint density at radius 2 is 2.47 bits per heavy atom. The first-order chi connectivity index (χ1) is 7.06. The van der Waals surface area contributed by atoms with Crippen molar-refractivity contribution < 1.29 is 5.21 Å². The van der Waals surface area contributed by atoms with Crippen LogP contribution in [0.3, 0.4) is 0 Å². The summed E-state index contributed by atoms with van der Waals surface area (Å²) in [5.41, 5.74) is 5.29. The minimum absolute atomic E-state index is 0.266. The van der Waals surface area contributed by atoms with E-state index >= 15 is 0 Å². The molecule has 15 heavy (non-hydrogen) atoms. The highest BCUT2D eigenvalue weighted by molar-refractivity contribution is 7.99. The fraction of sp³-hybridized carbons (Fsp3) is 0.556. The van der Waals surface area contributed by atoms with Crippen molar-refractivity contribution in [3.63, 3.8) is 0 Å². The highest BCUT2D eigenvalue weighted by atomic mass is 32.2. The topological polar surface area (TPSA) is 87.3 Å². The first kappa shape index (κ1) is 11.9. The van der Waals surface area contributed by atoms with Crippen molar-refractivity contribution in [2.24, 2.45) is 16.3 Å². The van der Waals surface area contributed by atoms with Gasteiger partial charge in [-0.2, -0.15) is 0 Å². The van der Waals surface area contributed by atoms with Gasteiger partial charge in [-0.25, -0.2) is 4.98 Å². The van der Waals surface area contributed by atoms with Gasteiger partial charge in [-0.05, 0) is 6.42 Å². The molecule has 0 saturated carbocycles. The fourth-order valence-corrected chi connectivity index (χ4v) is 2.09. The molecule has 0 atom stereocenters. The number of aromatic amines is 1. The second-order valence-corrected chi connectivity index (χ2v) is 4.95. The van der Waals surface area contributed by atoms with Gasteiger partial charge in [-0.3, -0.25) is 0 Å². The van der Waals surface area contributed by atoms with Crippen LogP contribution in [0, 0.1) is 5.41 Å². The van der Waals surface area contributed by atoms with E-state index in [9.17, 15) is 0 Å². The van der Waals surface area contributed by atoms with Gasteiger partial charge in [0.15, 0.2) is 5.16 Å². The number of aromatic nitrogens is 2. The number of hydrogen-bond donors (Lipinski definition) is 3. The van der Waals surface area contributed by atoms with Crippen molar-refractivity contribution in [1.82, 2.24) is 9.97 Å². The van der Waals surface area contributed by atoms with E-state index in [0.29, 0.717) is 0 Å². The van der Waals surface area contributed by atoms with Gasteiger partial charge in [-0.15, -0.1) is 0 Å². The molecule has 0 unspecified atom stereocenters. The van der Waals surface area contributed by atoms with Crippen LogP contribution in [0.5, 0.6) is 0 Å². The molecule has 1 aromatic rings. The largest absolute Gasteiger partial charge is 0.409 e. The lowest BCUT2D eigenvalue weighted by molar-refractivity contribution is 0.307. The lowest BCUT2D eigenvalue weighted by Gasteiger charge is -2.21. The van der Waals surface area contributed by atoms with Gasteiger partial charge >= 0.3 is 0 Å². The van der Waals surface area contributed by atoms with Crippen LogP contribution in [0.2, 0.25) is 0 Å². The number of H-pyrrole nitrogens is 1. The zero-order valence-electron chi connectivity index (χ0n) is 8.90. The molecule has 0 aliphatic heterocycles. The predicted molar refractivity (Wildman–Crippen MR) is 61.1 cm³/mol. The molecular weight excluding hydrogens is 212 g/mol. The van der Waals surface area contributed by atoms with Crippen molar-refractivity contribution >= 4 is 17.6 Å². The summed E-state index contributed by atoms with van der Waals surface area (Å²) in [5, 5.41) is 12.5. The minimum atomic E-state index is -0.283. The summed E-state index contributed by atoms with van der Waals surface area (Å²) in [6.45, 7) is 3.90. The van der Waals surface area contributed by atoms with Gasteiger partial charge in [0.2, 0.25) is 0 Å². The molecule has 0 amide bonds. The quantitative estimate of drug-likeness (QED) is 0.235. The van der Waals surface area contributed by atoms with E-state index in [-0.39, 0.29) is 11.3 Å². The summed E-state index contributed by atoms with van der Waals surface area (Å²) in [7, 11) is 0. The van der Waals surface area contributed by atoms with Crippen molar-refractivity contribution in [2.45, 2.75) is 25.4 Å². The smallest absolute Gasteiger partial charge is 0.165 e. The maximum absolute atomic E-state index is 8.59. The van der Waals surface area contributed by atoms with Crippen LogP contribution >= 0.6 is 11.8 Å². The number of nitrogens with zero attached hydrogens (tertiary/aromatic N) is 2. The molecule has 0 radical (unpaired) electrons. The molecule has 5 nitrogen and oxygen atoms in total. The Labute approximate surface area is 93.2 Å². The van der Waals surface area contributed by atoms with Gasteiger partial charge in [0.05, 0.1) is 0 Å². The number of rotatable bonds is 5. The molecule has 0 aromatic carbocycles. The number of oxime groups is 1. The zero-order chi connectivity index (χ0) is 11.3. The molecule has 0 aliphatic rings. The summed E-state index contributed by atoms with van der Waals surface area (Å²) >= 11 is 1.62. The Morgan fingerprint density at radius 1 is 1.73 bits per heavy atom. The molecule has 1 heterocycles. The minimum Gasteiger partial charge on any atom is -0.409 e. The van der Waals surface area contributed by atoms with E-state index in [1.54, 1.807) is 24.2 Å². The van der Waals surface area contributed by atoms with Crippen LogP contribution in [0.1, 0.15) is 20.3 Å². The van der Waals surface area contributed by atoms with Crippen LogP contribution in [0.4, 0.5) is 0 Å². The van der Waals surface area contributed by atoms with Gasteiger partial charge in [-0.1, -0.05) is 30.8 Å². The van der Waals surface area contributed by atoms with E-state index < -0.39 is 0 Å². The van der Waals surface area contributed by atoms with Crippen LogP contribution in [0.15, 0.2) is 22.7 Å². The molecule has 84 valence electrons. The van der Waals surface area contributed by atoms with Crippen LogP contribution in [-0.2, 0) is 0 Å². The molecule has 6 heteroatoms. The third kappa shape index (κ3) is 3.47. The average Bonchev–Trinajstić information content (AvgIpc) is 2.69. The molecule has 0 aliphatic carbocycles. The Bertz CT molecular complexity index is 321. The standard InChI is InChI=1S/C9H16N4OS/c1-9(2,7(10)13-14)3-6-15-8-11-4-5-12-8/h4-5,14H,3,6H2,1-2H3,(H2,10,13)(H,11,12). The van der Waals surface area contributed by atoms with Crippen LogP contribution < -0.4 is 5.73 Å². The van der Waals surface area contributed by atoms with E-state index in [0.717, 1.165) is 17.3 Å². The van der Waals surface area contributed by atoms with Crippen molar-refractivity contribution in [2.75, 3.05) is 5.75 Å². The SMILES string of the molecule is CC(C)(CCSc1ncc[nH]1)/C(N)=N/O. The Balaban J connectivity index is 2.37. The zero-order valence-corrected chi connectivity index (χ0v) is 9.71.